The molecule has 3 aromatic carbocycles. The van der Waals surface area contributed by atoms with Gasteiger partial charge in [0, 0.05) is 23.7 Å². The summed E-state index contributed by atoms with van der Waals surface area (Å²) < 4.78 is 44.9. The van der Waals surface area contributed by atoms with Crippen molar-refractivity contribution in [3.63, 3.8) is 0 Å². The van der Waals surface area contributed by atoms with Crippen molar-refractivity contribution in [1.82, 2.24) is 5.43 Å². The lowest BCUT2D eigenvalue weighted by molar-refractivity contribution is -0.846. The molecule has 0 amide bonds. The van der Waals surface area contributed by atoms with Crippen molar-refractivity contribution in [1.29, 1.82) is 0 Å². The molecular weight excluding hydrogens is 437 g/mol. The molecule has 172 valence electrons. The molecule has 33 heavy (non-hydrogen) atoms. The highest BCUT2D eigenvalue weighted by atomic mass is 19.4. The number of amidine groups is 1. The summed E-state index contributed by atoms with van der Waals surface area (Å²) in [5.41, 5.74) is 4.27. The number of aliphatic carboxylic acids is 1. The number of carboxylic acids is 1. The molecule has 0 spiro atoms. The maximum absolute atomic E-state index is 13.2. The van der Waals surface area contributed by atoms with Gasteiger partial charge in [-0.15, -0.1) is 0 Å². The van der Waals surface area contributed by atoms with Crippen molar-refractivity contribution in [3.8, 4) is 5.75 Å². The zero-order chi connectivity index (χ0) is 24.0. The number of methoxy groups -OCH3 is 1. The minimum absolute atomic E-state index is 0.334. The molecule has 0 aliphatic carbocycles. The number of benzene rings is 3. The van der Waals surface area contributed by atoms with Gasteiger partial charge in [-0.3, -0.25) is 0 Å². The lowest BCUT2D eigenvalue weighted by Crippen LogP contribution is -3.10. The van der Waals surface area contributed by atoms with Gasteiger partial charge in [0.15, 0.2) is 5.69 Å². The Morgan fingerprint density at radius 3 is 2.33 bits per heavy atom. The number of carboxylic acid groups (broad SMARTS) is 1. The lowest BCUT2D eigenvalue weighted by Gasteiger charge is -2.22. The van der Waals surface area contributed by atoms with E-state index in [1.165, 1.54) is 6.07 Å². The fourth-order valence-electron chi connectivity index (χ4n) is 3.03. The van der Waals surface area contributed by atoms with E-state index in [0.717, 1.165) is 30.3 Å². The van der Waals surface area contributed by atoms with Gasteiger partial charge in [0.1, 0.15) is 11.4 Å². The number of rotatable bonds is 4. The highest BCUT2D eigenvalue weighted by Gasteiger charge is 2.35. The molecule has 0 aromatic heterocycles. The molecule has 1 atom stereocenters. The molecule has 1 aliphatic rings. The fourth-order valence-corrected chi connectivity index (χ4v) is 3.03. The predicted molar refractivity (Wildman–Crippen MR) is 114 cm³/mol. The molecule has 1 heterocycles. The summed E-state index contributed by atoms with van der Waals surface area (Å²) in [6.07, 6.45) is -4.43. The SMILES string of the molecule is CC(=O)[O-].COc1cccc(C2=N[NH+](c3ccccc3)N(c3cccc(C(F)(F)F)c3)N2)c1. The molecule has 2 N–H and O–H groups in total. The number of hydrogen-bond donors (Lipinski definition) is 2. The lowest BCUT2D eigenvalue weighted by atomic mass is 10.2. The number of halogens is 3. The first-order valence-corrected chi connectivity index (χ1v) is 9.76. The summed E-state index contributed by atoms with van der Waals surface area (Å²) in [7, 11) is 1.57. The molecular formula is C23H21F3N4O3. The van der Waals surface area contributed by atoms with Crippen molar-refractivity contribution in [2.24, 2.45) is 5.10 Å². The zero-order valence-electron chi connectivity index (χ0n) is 17.8. The third kappa shape index (κ3) is 6.01. The first-order chi connectivity index (χ1) is 15.7. The quantitative estimate of drug-likeness (QED) is 0.627. The number of carbonyl (C=O) groups excluding carboxylic acids is 1. The van der Waals surface area contributed by atoms with Crippen LogP contribution in [-0.2, 0) is 11.0 Å². The van der Waals surface area contributed by atoms with Crippen molar-refractivity contribution in [3.05, 3.63) is 90.0 Å². The van der Waals surface area contributed by atoms with Crippen molar-refractivity contribution in [2.45, 2.75) is 13.1 Å². The standard InChI is InChI=1S/C21H17F3N4O.C2H4O2/c1-29-19-12-5-7-15(13-19)20-25-27(17-9-3-2-4-10-17)28(26-20)18-11-6-8-16(14-18)21(22,23)24;1-2(3)4/h2-14H,1H3,(H,25,26);1H3,(H,3,4). The number of nitrogens with one attached hydrogen (secondary N) is 2. The van der Waals surface area contributed by atoms with Crippen LogP contribution in [0.4, 0.5) is 24.5 Å². The molecule has 1 aliphatic heterocycles. The fraction of sp³-hybridized carbons (Fsp3) is 0.130. The van der Waals surface area contributed by atoms with Crippen LogP contribution in [0.2, 0.25) is 0 Å². The minimum atomic E-state index is -4.43. The molecule has 1 unspecified atom stereocenters. The van der Waals surface area contributed by atoms with Gasteiger partial charge < -0.3 is 14.6 Å². The van der Waals surface area contributed by atoms with Gasteiger partial charge in [-0.2, -0.15) is 13.2 Å². The third-order valence-corrected chi connectivity index (χ3v) is 4.45. The van der Waals surface area contributed by atoms with E-state index in [2.05, 4.69) is 10.5 Å². The van der Waals surface area contributed by atoms with Gasteiger partial charge in [0.25, 0.3) is 0 Å². The van der Waals surface area contributed by atoms with E-state index in [1.807, 2.05) is 54.6 Å². The second-order valence-corrected chi connectivity index (χ2v) is 6.87. The molecule has 7 nitrogen and oxygen atoms in total. The smallest absolute Gasteiger partial charge is 0.416 e. The summed E-state index contributed by atoms with van der Waals surface area (Å²) in [6.45, 7) is 0.972. The second kappa shape index (κ2) is 10.0. The summed E-state index contributed by atoms with van der Waals surface area (Å²) in [4.78, 5) is 8.89. The Labute approximate surface area is 188 Å². The van der Waals surface area contributed by atoms with E-state index in [0.29, 0.717) is 22.4 Å². The first kappa shape index (κ1) is 23.6. The van der Waals surface area contributed by atoms with Gasteiger partial charge >= 0.3 is 6.18 Å². The molecule has 0 fully saturated rings. The zero-order valence-corrected chi connectivity index (χ0v) is 17.8. The third-order valence-electron chi connectivity index (χ3n) is 4.45. The van der Waals surface area contributed by atoms with Crippen molar-refractivity contribution < 1.29 is 32.9 Å². The summed E-state index contributed by atoms with van der Waals surface area (Å²) in [5.74, 6) is 0.0888. The number of quaternary nitrogens is 1. The van der Waals surface area contributed by atoms with Crippen molar-refractivity contribution in [2.75, 3.05) is 12.2 Å². The molecule has 0 saturated heterocycles. The van der Waals surface area contributed by atoms with Crippen LogP contribution in [-0.4, -0.2) is 18.9 Å². The maximum atomic E-state index is 13.2. The topological polar surface area (TPSA) is 81.4 Å². The van der Waals surface area contributed by atoms with E-state index in [-0.39, 0.29) is 0 Å². The van der Waals surface area contributed by atoms with Gasteiger partial charge in [-0.05, 0) is 42.4 Å². The molecule has 0 bridgehead atoms. The Bertz CT molecular complexity index is 1130. The Balaban J connectivity index is 0.000000709. The van der Waals surface area contributed by atoms with Crippen LogP contribution < -0.4 is 25.5 Å². The number of alkyl halides is 3. The Hall–Kier alpha value is -4.05. The summed E-state index contributed by atoms with van der Waals surface area (Å²) in [5, 5.41) is 15.6. The van der Waals surface area contributed by atoms with E-state index in [1.54, 1.807) is 18.3 Å². The van der Waals surface area contributed by atoms with Crippen LogP contribution in [0.1, 0.15) is 18.1 Å². The minimum Gasteiger partial charge on any atom is -0.550 e. The number of anilines is 1. The number of hydrazine groups is 1. The van der Waals surface area contributed by atoms with Crippen LogP contribution in [0.5, 0.6) is 5.75 Å². The van der Waals surface area contributed by atoms with Crippen LogP contribution >= 0.6 is 0 Å². The van der Waals surface area contributed by atoms with Crippen LogP contribution in [0.25, 0.3) is 0 Å². The van der Waals surface area contributed by atoms with Gasteiger partial charge in [-0.1, -0.05) is 46.6 Å². The Kier molecular flexibility index (Phi) is 7.19. The molecule has 3 aromatic rings. The molecule has 10 heteroatoms. The normalized spacial score (nSPS) is 15.1. The molecule has 4 rings (SSSR count). The molecule has 0 saturated carbocycles. The number of nitrogens with zero attached hydrogens (tertiary/aromatic N) is 2. The van der Waals surface area contributed by atoms with Gasteiger partial charge in [0.05, 0.1) is 12.7 Å². The Morgan fingerprint density at radius 2 is 1.70 bits per heavy atom. The highest BCUT2D eigenvalue weighted by Crippen LogP contribution is 2.31. The van der Waals surface area contributed by atoms with E-state index in [9.17, 15) is 13.2 Å². The first-order valence-electron chi connectivity index (χ1n) is 9.76. The number of carbonyl (C=O) groups is 1. The van der Waals surface area contributed by atoms with Crippen LogP contribution in [0.15, 0.2) is 84.0 Å². The summed E-state index contributed by atoms with van der Waals surface area (Å²) in [6, 6.07) is 21.7. The summed E-state index contributed by atoms with van der Waals surface area (Å²) >= 11 is 0. The van der Waals surface area contributed by atoms with Crippen LogP contribution in [0.3, 0.4) is 0 Å². The van der Waals surface area contributed by atoms with E-state index < -0.39 is 17.7 Å². The monoisotopic (exact) mass is 458 g/mol. The van der Waals surface area contributed by atoms with E-state index in [4.69, 9.17) is 14.6 Å². The highest BCUT2D eigenvalue weighted by molar-refractivity contribution is 6.00. The number of hydrogen-bond acceptors (Lipinski definition) is 6. The van der Waals surface area contributed by atoms with Gasteiger partial charge in [-0.25, -0.2) is 5.43 Å². The van der Waals surface area contributed by atoms with Gasteiger partial charge in [0.2, 0.25) is 5.84 Å². The van der Waals surface area contributed by atoms with E-state index >= 15 is 0 Å². The second-order valence-electron chi connectivity index (χ2n) is 6.87. The average molecular weight is 458 g/mol. The molecule has 0 radical (unpaired) electrons. The van der Waals surface area contributed by atoms with Crippen molar-refractivity contribution >= 4 is 23.2 Å². The maximum Gasteiger partial charge on any atom is 0.416 e. The average Bonchev–Trinajstić information content (AvgIpc) is 3.24. The van der Waals surface area contributed by atoms with Crippen LogP contribution in [0, 0.1) is 0 Å². The number of ether oxygens (including phenoxy) is 1. The predicted octanol–water partition coefficient (Wildman–Crippen LogP) is 2.29. The largest absolute Gasteiger partial charge is 0.550 e. The Morgan fingerprint density at radius 1 is 1.03 bits per heavy atom.